The summed E-state index contributed by atoms with van der Waals surface area (Å²) >= 11 is 6.59. The second-order valence-corrected chi connectivity index (χ2v) is 5.95. The van der Waals surface area contributed by atoms with E-state index >= 15 is 0 Å². The average molecular weight is 297 g/mol. The van der Waals surface area contributed by atoms with Gasteiger partial charge >= 0.3 is 0 Å². The highest BCUT2D eigenvalue weighted by Gasteiger charge is 2.20. The molecule has 0 N–H and O–H groups in total. The van der Waals surface area contributed by atoms with Gasteiger partial charge in [-0.1, -0.05) is 31.7 Å². The standard InChI is InChI=1S/C17H25ClO2/c1-3-19-16-10-9-14(12-17(16)20-4-2)15(18)11-13-7-5-6-8-13/h9-10,12-13,15H,3-8,11H2,1-2H3. The molecule has 1 aromatic rings. The summed E-state index contributed by atoms with van der Waals surface area (Å²) in [5.41, 5.74) is 1.14. The summed E-state index contributed by atoms with van der Waals surface area (Å²) < 4.78 is 11.3. The van der Waals surface area contributed by atoms with E-state index < -0.39 is 0 Å². The van der Waals surface area contributed by atoms with E-state index in [0.717, 1.165) is 29.4 Å². The number of hydrogen-bond donors (Lipinski definition) is 0. The lowest BCUT2D eigenvalue weighted by Gasteiger charge is -2.17. The summed E-state index contributed by atoms with van der Waals surface area (Å²) in [5.74, 6) is 2.41. The molecule has 20 heavy (non-hydrogen) atoms. The van der Waals surface area contributed by atoms with E-state index in [1.807, 2.05) is 26.0 Å². The number of alkyl halides is 1. The van der Waals surface area contributed by atoms with Crippen LogP contribution in [0.15, 0.2) is 18.2 Å². The number of rotatable bonds is 7. The van der Waals surface area contributed by atoms with Crippen LogP contribution in [0, 0.1) is 5.92 Å². The fraction of sp³-hybridized carbons (Fsp3) is 0.647. The molecule has 112 valence electrons. The molecule has 2 rings (SSSR count). The van der Waals surface area contributed by atoms with E-state index in [1.54, 1.807) is 0 Å². The summed E-state index contributed by atoms with van der Waals surface area (Å²) in [6.45, 7) is 5.25. The number of halogens is 1. The second-order valence-electron chi connectivity index (χ2n) is 5.43. The van der Waals surface area contributed by atoms with E-state index in [4.69, 9.17) is 21.1 Å². The minimum absolute atomic E-state index is 0.0768. The second kappa shape index (κ2) is 7.78. The van der Waals surface area contributed by atoms with Crippen molar-refractivity contribution in [3.05, 3.63) is 23.8 Å². The number of hydrogen-bond acceptors (Lipinski definition) is 2. The lowest BCUT2D eigenvalue weighted by atomic mass is 9.97. The zero-order chi connectivity index (χ0) is 14.4. The summed E-state index contributed by atoms with van der Waals surface area (Å²) in [4.78, 5) is 0. The summed E-state index contributed by atoms with van der Waals surface area (Å²) in [5, 5.41) is 0.0768. The van der Waals surface area contributed by atoms with Crippen molar-refractivity contribution in [1.82, 2.24) is 0 Å². The Balaban J connectivity index is 2.07. The first-order chi connectivity index (χ1) is 9.74. The van der Waals surface area contributed by atoms with Crippen molar-refractivity contribution in [2.75, 3.05) is 13.2 Å². The molecule has 0 radical (unpaired) electrons. The van der Waals surface area contributed by atoms with Gasteiger partial charge in [-0.25, -0.2) is 0 Å². The lowest BCUT2D eigenvalue weighted by molar-refractivity contribution is 0.287. The van der Waals surface area contributed by atoms with Crippen LogP contribution < -0.4 is 9.47 Å². The van der Waals surface area contributed by atoms with Gasteiger partial charge in [0, 0.05) is 0 Å². The Labute approximate surface area is 127 Å². The molecule has 1 atom stereocenters. The summed E-state index contributed by atoms with van der Waals surface area (Å²) in [7, 11) is 0. The smallest absolute Gasteiger partial charge is 0.161 e. The van der Waals surface area contributed by atoms with E-state index in [-0.39, 0.29) is 5.38 Å². The maximum atomic E-state index is 6.59. The van der Waals surface area contributed by atoms with E-state index in [0.29, 0.717) is 13.2 Å². The highest BCUT2D eigenvalue weighted by Crippen LogP contribution is 2.39. The first kappa shape index (κ1) is 15.5. The molecule has 0 bridgehead atoms. The first-order valence-corrected chi connectivity index (χ1v) is 8.21. The molecule has 1 unspecified atom stereocenters. The SMILES string of the molecule is CCOc1ccc(C(Cl)CC2CCCC2)cc1OCC. The molecule has 0 aromatic heterocycles. The predicted molar refractivity (Wildman–Crippen MR) is 83.9 cm³/mol. The Morgan fingerprint density at radius 2 is 1.75 bits per heavy atom. The molecule has 3 heteroatoms. The van der Waals surface area contributed by atoms with Crippen LogP contribution in [0.5, 0.6) is 11.5 Å². The quantitative estimate of drug-likeness (QED) is 0.632. The van der Waals surface area contributed by atoms with E-state index in [1.165, 1.54) is 25.7 Å². The lowest BCUT2D eigenvalue weighted by Crippen LogP contribution is -2.02. The van der Waals surface area contributed by atoms with E-state index in [9.17, 15) is 0 Å². The van der Waals surface area contributed by atoms with Crippen LogP contribution in [0.1, 0.15) is 56.9 Å². The molecule has 0 saturated heterocycles. The van der Waals surface area contributed by atoms with Crippen molar-refractivity contribution < 1.29 is 9.47 Å². The summed E-state index contributed by atoms with van der Waals surface area (Å²) in [6.07, 6.45) is 6.46. The third-order valence-corrected chi connectivity index (χ3v) is 4.37. The molecule has 1 fully saturated rings. The zero-order valence-corrected chi connectivity index (χ0v) is 13.3. The van der Waals surface area contributed by atoms with Crippen molar-refractivity contribution in [3.63, 3.8) is 0 Å². The Hall–Kier alpha value is -0.890. The van der Waals surface area contributed by atoms with Crippen LogP contribution in [0.3, 0.4) is 0 Å². The van der Waals surface area contributed by atoms with Crippen molar-refractivity contribution >= 4 is 11.6 Å². The maximum Gasteiger partial charge on any atom is 0.161 e. The Kier molecular flexibility index (Phi) is 6.03. The monoisotopic (exact) mass is 296 g/mol. The predicted octanol–water partition coefficient (Wildman–Crippen LogP) is 5.34. The highest BCUT2D eigenvalue weighted by atomic mass is 35.5. The Morgan fingerprint density at radius 1 is 1.10 bits per heavy atom. The molecular formula is C17H25ClO2. The minimum atomic E-state index is 0.0768. The Bertz CT molecular complexity index is 413. The third kappa shape index (κ3) is 4.05. The van der Waals surface area contributed by atoms with Crippen LogP contribution >= 0.6 is 11.6 Å². The molecule has 0 aliphatic heterocycles. The Morgan fingerprint density at radius 3 is 2.40 bits per heavy atom. The maximum absolute atomic E-state index is 6.59. The molecule has 0 amide bonds. The fourth-order valence-corrected chi connectivity index (χ4v) is 3.33. The van der Waals surface area contributed by atoms with Gasteiger partial charge in [-0.3, -0.25) is 0 Å². The molecule has 1 saturated carbocycles. The van der Waals surface area contributed by atoms with Crippen LogP contribution in [0.25, 0.3) is 0 Å². The highest BCUT2D eigenvalue weighted by molar-refractivity contribution is 6.20. The molecule has 2 nitrogen and oxygen atoms in total. The molecule has 0 heterocycles. The summed E-state index contributed by atoms with van der Waals surface area (Å²) in [6, 6.07) is 6.09. The number of ether oxygens (including phenoxy) is 2. The van der Waals surface area contributed by atoms with Crippen LogP contribution in [0.4, 0.5) is 0 Å². The number of benzene rings is 1. The van der Waals surface area contributed by atoms with Gasteiger partial charge < -0.3 is 9.47 Å². The van der Waals surface area contributed by atoms with Gasteiger partial charge in [-0.15, -0.1) is 11.6 Å². The molecule has 1 aliphatic rings. The van der Waals surface area contributed by atoms with Crippen LogP contribution in [-0.2, 0) is 0 Å². The van der Waals surface area contributed by atoms with Gasteiger partial charge in [-0.2, -0.15) is 0 Å². The first-order valence-electron chi connectivity index (χ1n) is 7.78. The van der Waals surface area contributed by atoms with Crippen LogP contribution in [-0.4, -0.2) is 13.2 Å². The van der Waals surface area contributed by atoms with E-state index in [2.05, 4.69) is 6.07 Å². The topological polar surface area (TPSA) is 18.5 Å². The normalized spacial score (nSPS) is 17.1. The average Bonchev–Trinajstić information content (AvgIpc) is 2.94. The zero-order valence-electron chi connectivity index (χ0n) is 12.5. The molecule has 1 aromatic carbocycles. The van der Waals surface area contributed by atoms with Crippen molar-refractivity contribution in [1.29, 1.82) is 0 Å². The van der Waals surface area contributed by atoms with Gasteiger partial charge in [0.15, 0.2) is 11.5 Å². The van der Waals surface area contributed by atoms with Gasteiger partial charge in [0.25, 0.3) is 0 Å². The van der Waals surface area contributed by atoms with Crippen molar-refractivity contribution in [2.24, 2.45) is 5.92 Å². The minimum Gasteiger partial charge on any atom is -0.490 e. The molecule has 0 spiro atoms. The third-order valence-electron chi connectivity index (χ3n) is 3.94. The van der Waals surface area contributed by atoms with Gasteiger partial charge in [0.1, 0.15) is 0 Å². The van der Waals surface area contributed by atoms with Gasteiger partial charge in [0.05, 0.1) is 18.6 Å². The fourth-order valence-electron chi connectivity index (χ4n) is 2.94. The molecular weight excluding hydrogens is 272 g/mol. The van der Waals surface area contributed by atoms with Crippen molar-refractivity contribution in [3.8, 4) is 11.5 Å². The van der Waals surface area contributed by atoms with Gasteiger partial charge in [-0.05, 0) is 43.9 Å². The largest absolute Gasteiger partial charge is 0.490 e. The van der Waals surface area contributed by atoms with Crippen molar-refractivity contribution in [2.45, 2.75) is 51.3 Å². The van der Waals surface area contributed by atoms with Gasteiger partial charge in [0.2, 0.25) is 0 Å². The molecule has 1 aliphatic carbocycles. The van der Waals surface area contributed by atoms with Crippen LogP contribution in [0.2, 0.25) is 0 Å².